The van der Waals surface area contributed by atoms with Crippen LogP contribution in [0, 0.1) is 5.41 Å². The molecule has 1 aromatic carbocycles. The number of nitrogens with two attached hydrogens (primary N) is 1. The molecule has 0 fully saturated rings. The van der Waals surface area contributed by atoms with Crippen LogP contribution in [-0.4, -0.2) is 38.8 Å². The third-order valence-electron chi connectivity index (χ3n) is 3.58. The van der Waals surface area contributed by atoms with Crippen molar-refractivity contribution in [2.45, 2.75) is 32.1 Å². The molecule has 5 nitrogen and oxygen atoms in total. The molecule has 0 radical (unpaired) electrons. The predicted molar refractivity (Wildman–Crippen MR) is 84.9 cm³/mol. The largest absolute Gasteiger partial charge is 0.355 e. The normalized spacial score (nSPS) is 16.5. The fourth-order valence-corrected chi connectivity index (χ4v) is 3.66. The van der Waals surface area contributed by atoms with Gasteiger partial charge < -0.3 is 10.6 Å². The van der Waals surface area contributed by atoms with E-state index in [-0.39, 0.29) is 5.41 Å². The van der Waals surface area contributed by atoms with Gasteiger partial charge in [-0.05, 0) is 30.5 Å². The van der Waals surface area contributed by atoms with Gasteiger partial charge in [0, 0.05) is 18.7 Å². The molecule has 116 valence electrons. The Morgan fingerprint density at radius 1 is 1.29 bits per heavy atom. The molecule has 0 unspecified atom stereocenters. The summed E-state index contributed by atoms with van der Waals surface area (Å²) in [5.74, 6) is 0.550. The van der Waals surface area contributed by atoms with Gasteiger partial charge in [-0.2, -0.15) is 8.42 Å². The third-order valence-corrected chi connectivity index (χ3v) is 4.90. The highest BCUT2D eigenvalue weighted by Gasteiger charge is 2.33. The van der Waals surface area contributed by atoms with E-state index >= 15 is 0 Å². The SMILES string of the molecule is CCCN(CC(C)(C)CN)C1=NS(=O)(=O)c2ccccc21. The zero-order valence-corrected chi connectivity index (χ0v) is 13.7. The molecule has 0 amide bonds. The summed E-state index contributed by atoms with van der Waals surface area (Å²) < 4.78 is 28.3. The van der Waals surface area contributed by atoms with Crippen molar-refractivity contribution in [3.63, 3.8) is 0 Å². The highest BCUT2D eigenvalue weighted by atomic mass is 32.2. The summed E-state index contributed by atoms with van der Waals surface area (Å²) in [5, 5.41) is 0. The number of fused-ring (bicyclic) bond motifs is 1. The molecule has 1 aliphatic heterocycles. The minimum atomic E-state index is -3.57. The second-order valence-corrected chi connectivity index (χ2v) is 7.75. The third kappa shape index (κ3) is 3.27. The molecular weight excluding hydrogens is 286 g/mol. The molecule has 2 rings (SSSR count). The van der Waals surface area contributed by atoms with Crippen molar-refractivity contribution < 1.29 is 8.42 Å². The van der Waals surface area contributed by atoms with Crippen LogP contribution in [0.5, 0.6) is 0 Å². The van der Waals surface area contributed by atoms with Gasteiger partial charge in [0.15, 0.2) is 5.84 Å². The number of sulfonamides is 1. The summed E-state index contributed by atoms with van der Waals surface area (Å²) in [6.45, 7) is 8.19. The Morgan fingerprint density at radius 3 is 2.57 bits per heavy atom. The summed E-state index contributed by atoms with van der Waals surface area (Å²) >= 11 is 0. The first-order chi connectivity index (χ1) is 9.80. The maximum atomic E-state index is 12.2. The van der Waals surface area contributed by atoms with Gasteiger partial charge in [-0.25, -0.2) is 0 Å². The molecule has 0 saturated carbocycles. The Kier molecular flexibility index (Phi) is 4.39. The molecular formula is C15H23N3O2S. The van der Waals surface area contributed by atoms with Crippen molar-refractivity contribution >= 4 is 15.9 Å². The summed E-state index contributed by atoms with van der Waals surface area (Å²) in [7, 11) is -3.57. The predicted octanol–water partition coefficient (Wildman–Crippen LogP) is 1.83. The van der Waals surface area contributed by atoms with Crippen molar-refractivity contribution in [1.29, 1.82) is 0 Å². The lowest BCUT2D eigenvalue weighted by atomic mass is 9.92. The first-order valence-electron chi connectivity index (χ1n) is 7.20. The van der Waals surface area contributed by atoms with Gasteiger partial charge in [0.1, 0.15) is 4.90 Å². The topological polar surface area (TPSA) is 75.8 Å². The van der Waals surface area contributed by atoms with E-state index in [1.807, 2.05) is 17.0 Å². The van der Waals surface area contributed by atoms with Gasteiger partial charge in [-0.1, -0.05) is 32.9 Å². The van der Waals surface area contributed by atoms with E-state index < -0.39 is 10.0 Å². The van der Waals surface area contributed by atoms with Crippen LogP contribution in [0.15, 0.2) is 33.6 Å². The molecule has 0 saturated heterocycles. The minimum Gasteiger partial charge on any atom is -0.355 e. The first-order valence-corrected chi connectivity index (χ1v) is 8.64. The van der Waals surface area contributed by atoms with E-state index in [0.717, 1.165) is 13.0 Å². The van der Waals surface area contributed by atoms with E-state index in [9.17, 15) is 8.42 Å². The zero-order chi connectivity index (χ0) is 15.7. The molecule has 0 spiro atoms. The number of nitrogens with zero attached hydrogens (tertiary/aromatic N) is 2. The Hall–Kier alpha value is -1.40. The maximum absolute atomic E-state index is 12.2. The second kappa shape index (κ2) is 5.77. The van der Waals surface area contributed by atoms with Gasteiger partial charge >= 0.3 is 0 Å². The van der Waals surface area contributed by atoms with Gasteiger partial charge in [0.05, 0.1) is 0 Å². The Labute approximate surface area is 126 Å². The maximum Gasteiger partial charge on any atom is 0.285 e. The molecule has 21 heavy (non-hydrogen) atoms. The average Bonchev–Trinajstić information content (AvgIpc) is 2.71. The first kappa shape index (κ1) is 16.0. The molecule has 6 heteroatoms. The van der Waals surface area contributed by atoms with Gasteiger partial charge in [0.2, 0.25) is 0 Å². The molecule has 0 bridgehead atoms. The lowest BCUT2D eigenvalue weighted by molar-refractivity contribution is 0.260. The van der Waals surface area contributed by atoms with Crippen LogP contribution >= 0.6 is 0 Å². The minimum absolute atomic E-state index is 0.0982. The van der Waals surface area contributed by atoms with Crippen LogP contribution in [-0.2, 0) is 10.0 Å². The van der Waals surface area contributed by atoms with Crippen LogP contribution in [0.4, 0.5) is 0 Å². The van der Waals surface area contributed by atoms with Gasteiger partial charge in [-0.3, -0.25) is 0 Å². The quantitative estimate of drug-likeness (QED) is 0.900. The van der Waals surface area contributed by atoms with Crippen molar-refractivity contribution in [2.24, 2.45) is 15.5 Å². The Bertz CT molecular complexity index is 651. The van der Waals surface area contributed by atoms with Crippen LogP contribution in [0.2, 0.25) is 0 Å². The molecule has 0 aliphatic carbocycles. The van der Waals surface area contributed by atoms with Crippen LogP contribution in [0.25, 0.3) is 0 Å². The van der Waals surface area contributed by atoms with E-state index in [1.54, 1.807) is 12.1 Å². The molecule has 0 aromatic heterocycles. The fraction of sp³-hybridized carbons (Fsp3) is 0.533. The molecule has 1 heterocycles. The van der Waals surface area contributed by atoms with Gasteiger partial charge in [-0.15, -0.1) is 4.40 Å². The molecule has 0 atom stereocenters. The van der Waals surface area contributed by atoms with Crippen LogP contribution in [0.3, 0.4) is 0 Å². The number of rotatable bonds is 5. The fourth-order valence-electron chi connectivity index (χ4n) is 2.43. The zero-order valence-electron chi connectivity index (χ0n) is 12.8. The monoisotopic (exact) mass is 309 g/mol. The van der Waals surface area contributed by atoms with Crippen molar-refractivity contribution in [3.05, 3.63) is 29.8 Å². The summed E-state index contributed by atoms with van der Waals surface area (Å²) in [6.07, 6.45) is 0.919. The smallest absolute Gasteiger partial charge is 0.285 e. The van der Waals surface area contributed by atoms with Crippen molar-refractivity contribution in [3.8, 4) is 0 Å². The molecule has 1 aliphatic rings. The van der Waals surface area contributed by atoms with Crippen LogP contribution in [0.1, 0.15) is 32.8 Å². The number of hydrogen-bond donors (Lipinski definition) is 1. The Morgan fingerprint density at radius 2 is 1.95 bits per heavy atom. The highest BCUT2D eigenvalue weighted by Crippen LogP contribution is 2.29. The lowest BCUT2D eigenvalue weighted by Gasteiger charge is -2.33. The van der Waals surface area contributed by atoms with Gasteiger partial charge in [0.25, 0.3) is 10.0 Å². The van der Waals surface area contributed by atoms with E-state index in [2.05, 4.69) is 25.2 Å². The van der Waals surface area contributed by atoms with Crippen LogP contribution < -0.4 is 5.73 Å². The Balaban J connectivity index is 2.43. The molecule has 2 N–H and O–H groups in total. The van der Waals surface area contributed by atoms with Crippen molar-refractivity contribution in [1.82, 2.24) is 4.90 Å². The van der Waals surface area contributed by atoms with E-state index in [0.29, 0.717) is 29.4 Å². The number of amidine groups is 1. The average molecular weight is 309 g/mol. The summed E-state index contributed by atoms with van der Waals surface area (Å²) in [6, 6.07) is 6.99. The highest BCUT2D eigenvalue weighted by molar-refractivity contribution is 7.90. The molecule has 1 aromatic rings. The second-order valence-electron chi connectivity index (χ2n) is 6.18. The van der Waals surface area contributed by atoms with E-state index in [1.165, 1.54) is 0 Å². The standard InChI is InChI=1S/C15H23N3O2S/c1-4-9-18(11-15(2,3)10-16)14-12-7-5-6-8-13(12)21(19,20)17-14/h5-8H,4,9-11,16H2,1-3H3. The summed E-state index contributed by atoms with van der Waals surface area (Å²) in [4.78, 5) is 2.34. The summed E-state index contributed by atoms with van der Waals surface area (Å²) in [5.41, 5.74) is 6.41. The number of benzene rings is 1. The van der Waals surface area contributed by atoms with Crippen molar-refractivity contribution in [2.75, 3.05) is 19.6 Å². The lowest BCUT2D eigenvalue weighted by Crippen LogP contribution is -2.42. The van der Waals surface area contributed by atoms with E-state index in [4.69, 9.17) is 5.73 Å². The number of hydrogen-bond acceptors (Lipinski definition) is 4.